The van der Waals surface area contributed by atoms with Gasteiger partial charge >= 0.3 is 5.69 Å². The summed E-state index contributed by atoms with van der Waals surface area (Å²) in [6.07, 6.45) is -1.68. The SMILES string of the molecule is CPOC[C@H]1O[C@@H](n2ccc(=O)[nH]c2=O)C(O)C1OPC. The molecular formula is C11H18N2O6P2. The minimum Gasteiger partial charge on any atom is -0.386 e. The van der Waals surface area contributed by atoms with Crippen LogP contribution < -0.4 is 11.2 Å². The van der Waals surface area contributed by atoms with Crippen molar-refractivity contribution in [3.05, 3.63) is 33.1 Å². The molecule has 0 spiro atoms. The molecule has 2 rings (SSSR count). The highest BCUT2D eigenvalue weighted by Crippen LogP contribution is 2.34. The van der Waals surface area contributed by atoms with Gasteiger partial charge in [0.15, 0.2) is 6.23 Å². The van der Waals surface area contributed by atoms with Crippen molar-refractivity contribution >= 4 is 17.6 Å². The molecule has 10 heteroatoms. The number of aromatic nitrogens is 2. The Morgan fingerprint density at radius 3 is 2.81 bits per heavy atom. The first-order chi connectivity index (χ1) is 10.1. The third-order valence-electron chi connectivity index (χ3n) is 3.08. The molecule has 118 valence electrons. The van der Waals surface area contributed by atoms with Crippen LogP contribution in [0.4, 0.5) is 0 Å². The van der Waals surface area contributed by atoms with Gasteiger partial charge in [-0.15, -0.1) is 0 Å². The molecule has 2 heterocycles. The maximum Gasteiger partial charge on any atom is 0.330 e. The van der Waals surface area contributed by atoms with E-state index >= 15 is 0 Å². The van der Waals surface area contributed by atoms with E-state index in [9.17, 15) is 14.7 Å². The Kier molecular flexibility index (Phi) is 6.05. The fourth-order valence-electron chi connectivity index (χ4n) is 2.16. The third-order valence-corrected chi connectivity index (χ3v) is 4.04. The standard InChI is InChI=1S/C11H18N2O6P2/c1-20-17-5-6-9(19-21-2)8(15)10(18-6)13-4-3-7(14)12-11(13)16/h3-4,6,8-10,15,20-21H,5H2,1-2H3,(H,12,14,16)/t6-,8?,9?,10-/m1/s1. The first kappa shape index (κ1) is 16.7. The number of ether oxygens (including phenoxy) is 1. The normalized spacial score (nSPS) is 30.0. The summed E-state index contributed by atoms with van der Waals surface area (Å²) >= 11 is 0. The molecule has 1 aromatic rings. The van der Waals surface area contributed by atoms with Crippen molar-refractivity contribution in [2.75, 3.05) is 19.9 Å². The fourth-order valence-corrected chi connectivity index (χ4v) is 3.05. The van der Waals surface area contributed by atoms with Crippen molar-refractivity contribution in [3.63, 3.8) is 0 Å². The summed E-state index contributed by atoms with van der Waals surface area (Å²) in [4.78, 5) is 25.0. The smallest absolute Gasteiger partial charge is 0.330 e. The third kappa shape index (κ3) is 3.77. The molecule has 0 saturated carbocycles. The molecule has 1 aliphatic rings. The first-order valence-corrected chi connectivity index (χ1v) is 9.16. The lowest BCUT2D eigenvalue weighted by Gasteiger charge is -2.19. The van der Waals surface area contributed by atoms with Gasteiger partial charge in [-0.2, -0.15) is 0 Å². The van der Waals surface area contributed by atoms with Crippen LogP contribution in [0.1, 0.15) is 6.23 Å². The Morgan fingerprint density at radius 2 is 2.19 bits per heavy atom. The summed E-state index contributed by atoms with van der Waals surface area (Å²) in [5, 5.41) is 10.3. The number of rotatable bonds is 6. The number of aliphatic hydroxyl groups excluding tert-OH is 1. The van der Waals surface area contributed by atoms with Crippen LogP contribution in [0.5, 0.6) is 0 Å². The minimum atomic E-state index is -1.02. The van der Waals surface area contributed by atoms with Gasteiger partial charge in [0.05, 0.1) is 6.61 Å². The van der Waals surface area contributed by atoms with E-state index in [1.807, 2.05) is 13.3 Å². The molecule has 0 bridgehead atoms. The van der Waals surface area contributed by atoms with Gasteiger partial charge in [-0.1, -0.05) is 0 Å². The Hall–Kier alpha value is -0.620. The van der Waals surface area contributed by atoms with Crippen LogP contribution in [0.2, 0.25) is 0 Å². The molecule has 0 aromatic carbocycles. The van der Waals surface area contributed by atoms with Gasteiger partial charge in [0, 0.05) is 29.9 Å². The highest BCUT2D eigenvalue weighted by atomic mass is 31.1. The second-order valence-corrected chi connectivity index (χ2v) is 5.72. The van der Waals surface area contributed by atoms with E-state index in [1.54, 1.807) is 0 Å². The van der Waals surface area contributed by atoms with Gasteiger partial charge in [-0.25, -0.2) is 4.79 Å². The van der Waals surface area contributed by atoms with E-state index in [0.717, 1.165) is 4.57 Å². The summed E-state index contributed by atoms with van der Waals surface area (Å²) < 4.78 is 17.7. The molecule has 8 nitrogen and oxygen atoms in total. The van der Waals surface area contributed by atoms with Crippen LogP contribution in [-0.4, -0.2) is 52.9 Å². The number of hydrogen-bond acceptors (Lipinski definition) is 6. The zero-order valence-electron chi connectivity index (χ0n) is 11.6. The molecule has 0 radical (unpaired) electrons. The van der Waals surface area contributed by atoms with Crippen molar-refractivity contribution in [2.45, 2.75) is 24.5 Å². The molecular weight excluding hydrogens is 318 g/mol. The predicted octanol–water partition coefficient (Wildman–Crippen LogP) is -0.357. The lowest BCUT2D eigenvalue weighted by Crippen LogP contribution is -2.38. The average molecular weight is 336 g/mol. The number of hydrogen-bond donors (Lipinski definition) is 2. The molecule has 4 unspecified atom stereocenters. The first-order valence-electron chi connectivity index (χ1n) is 6.34. The van der Waals surface area contributed by atoms with Gasteiger partial charge in [0.1, 0.15) is 18.3 Å². The Labute approximate surface area is 124 Å². The highest BCUT2D eigenvalue weighted by Gasteiger charge is 2.45. The second kappa shape index (κ2) is 7.58. The van der Waals surface area contributed by atoms with Crippen LogP contribution in [-0.2, 0) is 13.8 Å². The molecule has 0 amide bonds. The number of nitrogens with zero attached hydrogens (tertiary/aromatic N) is 1. The molecule has 6 atom stereocenters. The van der Waals surface area contributed by atoms with Crippen LogP contribution in [0, 0.1) is 0 Å². The quantitative estimate of drug-likeness (QED) is 0.688. The Bertz CT molecular complexity index is 576. The molecule has 1 saturated heterocycles. The molecule has 1 fully saturated rings. The maximum absolute atomic E-state index is 11.8. The van der Waals surface area contributed by atoms with E-state index in [-0.39, 0.29) is 15.4 Å². The van der Waals surface area contributed by atoms with Gasteiger partial charge in [-0.05, 0) is 13.3 Å². The highest BCUT2D eigenvalue weighted by molar-refractivity contribution is 7.31. The van der Waals surface area contributed by atoms with Gasteiger partial charge < -0.3 is 18.9 Å². The number of aromatic amines is 1. The van der Waals surface area contributed by atoms with Crippen molar-refractivity contribution in [1.29, 1.82) is 0 Å². The van der Waals surface area contributed by atoms with Crippen LogP contribution in [0.25, 0.3) is 0 Å². The van der Waals surface area contributed by atoms with E-state index in [2.05, 4.69) is 4.98 Å². The zero-order chi connectivity index (χ0) is 15.4. The topological polar surface area (TPSA) is 103 Å². The van der Waals surface area contributed by atoms with E-state index in [0.29, 0.717) is 8.81 Å². The summed E-state index contributed by atoms with van der Waals surface area (Å²) in [5.41, 5.74) is -1.14. The summed E-state index contributed by atoms with van der Waals surface area (Å²) in [7, 11) is 0.465. The van der Waals surface area contributed by atoms with Crippen molar-refractivity contribution in [1.82, 2.24) is 9.55 Å². The number of aliphatic hydroxyl groups is 1. The zero-order valence-corrected chi connectivity index (χ0v) is 13.6. The van der Waals surface area contributed by atoms with Crippen molar-refractivity contribution in [2.24, 2.45) is 0 Å². The number of nitrogens with one attached hydrogen (secondary N) is 1. The molecule has 1 aromatic heterocycles. The van der Waals surface area contributed by atoms with Crippen LogP contribution in [0.15, 0.2) is 21.9 Å². The largest absolute Gasteiger partial charge is 0.386 e. The molecule has 0 aliphatic carbocycles. The van der Waals surface area contributed by atoms with Gasteiger partial charge in [0.25, 0.3) is 5.56 Å². The maximum atomic E-state index is 11.8. The minimum absolute atomic E-state index is 0.173. The van der Waals surface area contributed by atoms with Crippen LogP contribution >= 0.6 is 17.6 Å². The van der Waals surface area contributed by atoms with E-state index in [4.69, 9.17) is 13.8 Å². The van der Waals surface area contributed by atoms with Crippen molar-refractivity contribution < 1.29 is 18.9 Å². The fraction of sp³-hybridized carbons (Fsp3) is 0.636. The molecule has 1 aliphatic heterocycles. The van der Waals surface area contributed by atoms with Crippen molar-refractivity contribution in [3.8, 4) is 0 Å². The lowest BCUT2D eigenvalue weighted by atomic mass is 10.1. The lowest BCUT2D eigenvalue weighted by molar-refractivity contribution is -0.0497. The Morgan fingerprint density at radius 1 is 1.43 bits per heavy atom. The predicted molar refractivity (Wildman–Crippen MR) is 80.5 cm³/mol. The summed E-state index contributed by atoms with van der Waals surface area (Å²) in [5.74, 6) is 0. The molecule has 21 heavy (non-hydrogen) atoms. The summed E-state index contributed by atoms with van der Waals surface area (Å²) in [6, 6.07) is 1.20. The van der Waals surface area contributed by atoms with Gasteiger partial charge in [-0.3, -0.25) is 14.3 Å². The molecule has 2 N–H and O–H groups in total. The van der Waals surface area contributed by atoms with E-state index < -0.39 is 35.8 Å². The second-order valence-electron chi connectivity index (χ2n) is 4.37. The monoisotopic (exact) mass is 336 g/mol. The number of H-pyrrole nitrogens is 1. The van der Waals surface area contributed by atoms with E-state index in [1.165, 1.54) is 12.3 Å². The Balaban J connectivity index is 2.24. The van der Waals surface area contributed by atoms with Gasteiger partial charge in [0.2, 0.25) is 0 Å². The van der Waals surface area contributed by atoms with Crippen LogP contribution in [0.3, 0.4) is 0 Å². The summed E-state index contributed by atoms with van der Waals surface area (Å²) in [6.45, 7) is 3.99. The average Bonchev–Trinajstić information content (AvgIpc) is 2.75.